The Labute approximate surface area is 74.1 Å². The summed E-state index contributed by atoms with van der Waals surface area (Å²) in [5.41, 5.74) is 0. The van der Waals surface area contributed by atoms with E-state index in [0.717, 1.165) is 0 Å². The highest BCUT2D eigenvalue weighted by Gasteiger charge is 2.04. The zero-order valence-corrected chi connectivity index (χ0v) is 7.26. The number of rotatable bonds is 3. The lowest BCUT2D eigenvalue weighted by Crippen LogP contribution is -2.19. The monoisotopic (exact) mass is 189 g/mol. The molecule has 1 heterocycles. The Kier molecular flexibility index (Phi) is 3.04. The molecule has 0 radical (unpaired) electrons. The fourth-order valence-corrected chi connectivity index (χ4v) is 0.725. The minimum atomic E-state index is -0.138. The maximum atomic E-state index is 10.5. The molecule has 0 saturated carbocycles. The summed E-state index contributed by atoms with van der Waals surface area (Å²) in [5.74, 6) is 0.863. The van der Waals surface area contributed by atoms with E-state index in [4.69, 9.17) is 16.1 Å². The van der Waals surface area contributed by atoms with Crippen LogP contribution < -0.4 is 5.32 Å². The third-order valence-corrected chi connectivity index (χ3v) is 1.36. The van der Waals surface area contributed by atoms with E-state index in [9.17, 15) is 4.79 Å². The zero-order valence-electron chi connectivity index (χ0n) is 6.50. The molecule has 1 amide bonds. The fourth-order valence-electron chi connectivity index (χ4n) is 0.616. The molecule has 0 saturated heterocycles. The Bertz CT molecular complexity index is 274. The van der Waals surface area contributed by atoms with Gasteiger partial charge >= 0.3 is 0 Å². The van der Waals surface area contributed by atoms with Crippen molar-refractivity contribution in [3.63, 3.8) is 0 Å². The van der Waals surface area contributed by atoms with Crippen molar-refractivity contribution >= 4 is 17.5 Å². The van der Waals surface area contributed by atoms with E-state index in [-0.39, 0.29) is 18.3 Å². The lowest BCUT2D eigenvalue weighted by Gasteiger charge is -1.93. The summed E-state index contributed by atoms with van der Waals surface area (Å²) in [5, 5.41) is 6.06. The number of nitrogens with zero attached hydrogens (tertiary/aromatic N) is 2. The summed E-state index contributed by atoms with van der Waals surface area (Å²) < 4.78 is 4.75. The third-order valence-electron chi connectivity index (χ3n) is 1.12. The summed E-state index contributed by atoms with van der Waals surface area (Å²) in [6, 6.07) is 0. The molecule has 0 bridgehead atoms. The lowest BCUT2D eigenvalue weighted by molar-refractivity contribution is -0.119. The predicted molar refractivity (Wildman–Crippen MR) is 41.4 cm³/mol. The predicted octanol–water partition coefficient (Wildman–Crippen LogP) is 0.444. The van der Waals surface area contributed by atoms with Crippen LogP contribution in [0.1, 0.15) is 18.6 Å². The van der Waals surface area contributed by atoms with E-state index in [2.05, 4.69) is 15.5 Å². The van der Waals surface area contributed by atoms with Gasteiger partial charge in [-0.1, -0.05) is 5.16 Å². The molecule has 66 valence electrons. The van der Waals surface area contributed by atoms with Gasteiger partial charge in [-0.2, -0.15) is 4.98 Å². The first-order valence-corrected chi connectivity index (χ1v) is 3.87. The lowest BCUT2D eigenvalue weighted by atomic mass is 10.6. The largest absolute Gasteiger partial charge is 0.347 e. The molecule has 1 N–H and O–H groups in total. The SMILES string of the molecule is CC(=O)NCc1nc(CCl)no1. The summed E-state index contributed by atoms with van der Waals surface area (Å²) in [4.78, 5) is 14.3. The first kappa shape index (κ1) is 8.99. The van der Waals surface area contributed by atoms with Crippen molar-refractivity contribution in [3.8, 4) is 0 Å². The van der Waals surface area contributed by atoms with Gasteiger partial charge in [0.05, 0.1) is 12.4 Å². The van der Waals surface area contributed by atoms with Crippen molar-refractivity contribution < 1.29 is 9.32 Å². The van der Waals surface area contributed by atoms with Gasteiger partial charge in [-0.05, 0) is 0 Å². The van der Waals surface area contributed by atoms with Crippen LogP contribution in [-0.2, 0) is 17.2 Å². The Morgan fingerprint density at radius 1 is 1.75 bits per heavy atom. The van der Waals surface area contributed by atoms with Crippen LogP contribution in [-0.4, -0.2) is 16.0 Å². The number of nitrogens with one attached hydrogen (secondary N) is 1. The number of aromatic nitrogens is 2. The van der Waals surface area contributed by atoms with Crippen LogP contribution in [0.2, 0.25) is 0 Å². The van der Waals surface area contributed by atoms with Crippen molar-refractivity contribution in [3.05, 3.63) is 11.7 Å². The Balaban J connectivity index is 2.47. The van der Waals surface area contributed by atoms with Gasteiger partial charge in [0.25, 0.3) is 0 Å². The van der Waals surface area contributed by atoms with Crippen molar-refractivity contribution in [1.82, 2.24) is 15.5 Å². The van der Waals surface area contributed by atoms with Crippen LogP contribution in [0.15, 0.2) is 4.52 Å². The quantitative estimate of drug-likeness (QED) is 0.701. The second kappa shape index (κ2) is 4.06. The van der Waals surface area contributed by atoms with Crippen LogP contribution in [0.4, 0.5) is 0 Å². The second-order valence-corrected chi connectivity index (χ2v) is 2.41. The van der Waals surface area contributed by atoms with E-state index >= 15 is 0 Å². The van der Waals surface area contributed by atoms with Gasteiger partial charge in [-0.25, -0.2) is 0 Å². The maximum absolute atomic E-state index is 10.5. The smallest absolute Gasteiger partial charge is 0.246 e. The first-order valence-electron chi connectivity index (χ1n) is 3.34. The summed E-state index contributed by atoms with van der Waals surface area (Å²) >= 11 is 5.43. The molecule has 0 fully saturated rings. The number of hydrogen-bond acceptors (Lipinski definition) is 4. The zero-order chi connectivity index (χ0) is 8.97. The van der Waals surface area contributed by atoms with Gasteiger partial charge in [0, 0.05) is 6.92 Å². The maximum Gasteiger partial charge on any atom is 0.246 e. The Hall–Kier alpha value is -1.10. The van der Waals surface area contributed by atoms with E-state index in [1.807, 2.05) is 0 Å². The molecule has 12 heavy (non-hydrogen) atoms. The van der Waals surface area contributed by atoms with Gasteiger partial charge < -0.3 is 9.84 Å². The van der Waals surface area contributed by atoms with Gasteiger partial charge in [0.2, 0.25) is 11.8 Å². The van der Waals surface area contributed by atoms with E-state index < -0.39 is 0 Å². The molecule has 0 aromatic carbocycles. The van der Waals surface area contributed by atoms with Gasteiger partial charge in [0.1, 0.15) is 0 Å². The average molecular weight is 190 g/mol. The van der Waals surface area contributed by atoms with Crippen LogP contribution in [0.3, 0.4) is 0 Å². The number of carbonyl (C=O) groups is 1. The summed E-state index contributed by atoms with van der Waals surface area (Å²) in [6.07, 6.45) is 0. The van der Waals surface area contributed by atoms with Crippen LogP contribution in [0.5, 0.6) is 0 Å². The number of carbonyl (C=O) groups excluding carboxylic acids is 1. The molecule has 0 atom stereocenters. The van der Waals surface area contributed by atoms with Crippen LogP contribution in [0.25, 0.3) is 0 Å². The van der Waals surface area contributed by atoms with Crippen LogP contribution >= 0.6 is 11.6 Å². The molecular weight excluding hydrogens is 182 g/mol. The fraction of sp³-hybridized carbons (Fsp3) is 0.500. The third kappa shape index (κ3) is 2.50. The highest BCUT2D eigenvalue weighted by Crippen LogP contribution is 1.99. The van der Waals surface area contributed by atoms with Crippen LogP contribution in [0, 0.1) is 0 Å². The number of alkyl halides is 1. The Morgan fingerprint density at radius 3 is 3.00 bits per heavy atom. The summed E-state index contributed by atoms with van der Waals surface area (Å²) in [6.45, 7) is 1.66. The first-order chi connectivity index (χ1) is 5.72. The normalized spacial score (nSPS) is 9.83. The average Bonchev–Trinajstić information content (AvgIpc) is 2.48. The standard InChI is InChI=1S/C6H8ClN3O2/c1-4(11)8-3-6-9-5(2-7)10-12-6/h2-3H2,1H3,(H,8,11). The minimum Gasteiger partial charge on any atom is -0.347 e. The van der Waals surface area contributed by atoms with Crippen molar-refractivity contribution in [2.75, 3.05) is 0 Å². The molecule has 5 nitrogen and oxygen atoms in total. The molecule has 1 aromatic heterocycles. The van der Waals surface area contributed by atoms with Crippen molar-refractivity contribution in [2.45, 2.75) is 19.3 Å². The van der Waals surface area contributed by atoms with Crippen molar-refractivity contribution in [1.29, 1.82) is 0 Å². The second-order valence-electron chi connectivity index (χ2n) is 2.15. The van der Waals surface area contributed by atoms with E-state index in [1.54, 1.807) is 0 Å². The molecule has 1 aromatic rings. The minimum absolute atomic E-state index is 0.138. The molecule has 0 unspecified atom stereocenters. The number of hydrogen-bond donors (Lipinski definition) is 1. The highest BCUT2D eigenvalue weighted by molar-refractivity contribution is 6.16. The summed E-state index contributed by atoms with van der Waals surface area (Å²) in [7, 11) is 0. The topological polar surface area (TPSA) is 68.0 Å². The molecule has 0 spiro atoms. The molecule has 6 heteroatoms. The molecule has 0 aliphatic rings. The number of halogens is 1. The van der Waals surface area contributed by atoms with Gasteiger partial charge in [0.15, 0.2) is 5.82 Å². The van der Waals surface area contributed by atoms with Gasteiger partial charge in [-0.15, -0.1) is 11.6 Å². The van der Waals surface area contributed by atoms with E-state index in [0.29, 0.717) is 11.7 Å². The molecular formula is C6H8ClN3O2. The molecule has 0 aliphatic carbocycles. The molecule has 1 rings (SSSR count). The van der Waals surface area contributed by atoms with Gasteiger partial charge in [-0.3, -0.25) is 4.79 Å². The van der Waals surface area contributed by atoms with Crippen molar-refractivity contribution in [2.24, 2.45) is 0 Å². The highest BCUT2D eigenvalue weighted by atomic mass is 35.5. The molecule has 0 aliphatic heterocycles. The Morgan fingerprint density at radius 2 is 2.50 bits per heavy atom. The van der Waals surface area contributed by atoms with E-state index in [1.165, 1.54) is 6.92 Å². The number of amides is 1.